The monoisotopic (exact) mass is 1130 g/mol. The zero-order chi connectivity index (χ0) is 59.1. The highest BCUT2D eigenvalue weighted by Gasteiger charge is 2.19. The molecule has 0 N–H and O–H groups in total. The molecule has 0 saturated carbocycles. The second kappa shape index (κ2) is 35.5. The zero-order valence-electron chi connectivity index (χ0n) is 50.7. The molecule has 8 nitrogen and oxygen atoms in total. The summed E-state index contributed by atoms with van der Waals surface area (Å²) < 4.78 is 22.8. The molecule has 7 aromatic rings. The van der Waals surface area contributed by atoms with Gasteiger partial charge in [-0.05, 0) is 157 Å². The minimum atomic E-state index is -0.636. The largest absolute Gasteiger partial charge is 0.423 e. The molecular formula is C76H90O8. The molecule has 0 spiro atoms. The van der Waals surface area contributed by atoms with E-state index in [1.54, 1.807) is 92.7 Å². The molecule has 0 unspecified atom stereocenters. The Hall–Kier alpha value is -7.58. The lowest BCUT2D eigenvalue weighted by atomic mass is 10.00. The summed E-state index contributed by atoms with van der Waals surface area (Å²) in [5.74, 6) is -1.38. The van der Waals surface area contributed by atoms with Crippen molar-refractivity contribution >= 4 is 23.9 Å². The van der Waals surface area contributed by atoms with Crippen molar-refractivity contribution in [3.05, 3.63) is 202 Å². The third-order valence-electron chi connectivity index (χ3n) is 15.9. The Morgan fingerprint density at radius 2 is 0.560 bits per heavy atom. The van der Waals surface area contributed by atoms with E-state index in [-0.39, 0.29) is 22.6 Å². The highest BCUT2D eigenvalue weighted by Crippen LogP contribution is 2.28. The number of hydrogen-bond acceptors (Lipinski definition) is 8. The molecule has 8 heteroatoms. The van der Waals surface area contributed by atoms with Gasteiger partial charge in [0.2, 0.25) is 0 Å². The highest BCUT2D eigenvalue weighted by molar-refractivity contribution is 5.95. The normalized spacial score (nSPS) is 11.1. The van der Waals surface area contributed by atoms with E-state index < -0.39 is 23.9 Å². The summed E-state index contributed by atoms with van der Waals surface area (Å²) in [5, 5.41) is 0. The fourth-order valence-electron chi connectivity index (χ4n) is 10.8. The number of benzene rings is 7. The van der Waals surface area contributed by atoms with Crippen molar-refractivity contribution in [2.24, 2.45) is 0 Å². The molecule has 0 fully saturated rings. The Kier molecular flexibility index (Phi) is 27.1. The first-order chi connectivity index (χ1) is 41.1. The van der Waals surface area contributed by atoms with E-state index in [1.807, 2.05) is 24.3 Å². The maximum absolute atomic E-state index is 13.4. The third kappa shape index (κ3) is 21.6. The van der Waals surface area contributed by atoms with Gasteiger partial charge in [-0.1, -0.05) is 234 Å². The fraction of sp³-hybridized carbons (Fsp3) is 0.395. The molecule has 0 aromatic heterocycles. The third-order valence-corrected chi connectivity index (χ3v) is 15.9. The van der Waals surface area contributed by atoms with E-state index in [9.17, 15) is 19.2 Å². The Morgan fingerprint density at radius 3 is 0.869 bits per heavy atom. The van der Waals surface area contributed by atoms with Crippen LogP contribution in [0.15, 0.2) is 158 Å². The molecule has 0 radical (unpaired) electrons. The van der Waals surface area contributed by atoms with Crippen molar-refractivity contribution in [1.82, 2.24) is 0 Å². The van der Waals surface area contributed by atoms with Gasteiger partial charge < -0.3 is 18.9 Å². The van der Waals surface area contributed by atoms with Gasteiger partial charge in [0.15, 0.2) is 0 Å². The van der Waals surface area contributed by atoms with Crippen molar-refractivity contribution in [2.45, 2.75) is 195 Å². The number of carbonyl (C=O) groups excluding carboxylic acids is 4. The molecule has 7 aromatic carbocycles. The van der Waals surface area contributed by atoms with E-state index in [4.69, 9.17) is 18.9 Å². The molecule has 0 aliphatic rings. The second-order valence-electron chi connectivity index (χ2n) is 22.8. The predicted octanol–water partition coefficient (Wildman–Crippen LogP) is 21.0. The molecular weight excluding hydrogens is 1040 g/mol. The van der Waals surface area contributed by atoms with Crippen LogP contribution < -0.4 is 18.9 Å². The van der Waals surface area contributed by atoms with Crippen LogP contribution in [0.25, 0.3) is 22.3 Å². The van der Waals surface area contributed by atoms with Crippen LogP contribution in [0, 0.1) is 13.8 Å². The molecule has 0 bridgehead atoms. The number of esters is 4. The summed E-state index contributed by atoms with van der Waals surface area (Å²) in [6.07, 6.45) is 34.5. The van der Waals surface area contributed by atoms with E-state index >= 15 is 0 Å². The van der Waals surface area contributed by atoms with Crippen LogP contribution in [-0.2, 0) is 12.8 Å². The first-order valence-electron chi connectivity index (χ1n) is 31.7. The van der Waals surface area contributed by atoms with Gasteiger partial charge in [-0.2, -0.15) is 0 Å². The predicted molar refractivity (Wildman–Crippen MR) is 342 cm³/mol. The average molecular weight is 1130 g/mol. The van der Waals surface area contributed by atoms with Crippen molar-refractivity contribution < 1.29 is 38.1 Å². The van der Waals surface area contributed by atoms with Crippen molar-refractivity contribution in [3.63, 3.8) is 0 Å². The molecule has 84 heavy (non-hydrogen) atoms. The van der Waals surface area contributed by atoms with Crippen LogP contribution in [-0.4, -0.2) is 23.9 Å². The summed E-state index contributed by atoms with van der Waals surface area (Å²) in [5.41, 5.74) is 9.36. The number of ether oxygens (including phenoxy) is 4. The quantitative estimate of drug-likeness (QED) is 0.0217. The topological polar surface area (TPSA) is 105 Å². The number of rotatable bonds is 36. The van der Waals surface area contributed by atoms with Gasteiger partial charge in [0.1, 0.15) is 23.0 Å². The van der Waals surface area contributed by atoms with Gasteiger partial charge in [-0.25, -0.2) is 19.2 Å². The number of hydrogen-bond donors (Lipinski definition) is 0. The van der Waals surface area contributed by atoms with E-state index in [2.05, 4.69) is 62.4 Å². The second-order valence-corrected chi connectivity index (χ2v) is 22.8. The summed E-state index contributed by atoms with van der Waals surface area (Å²) in [7, 11) is 0. The lowest BCUT2D eigenvalue weighted by Gasteiger charge is -2.11. The van der Waals surface area contributed by atoms with Crippen molar-refractivity contribution in [1.29, 1.82) is 0 Å². The Bertz CT molecular complexity index is 2910. The van der Waals surface area contributed by atoms with Gasteiger partial charge in [0.05, 0.1) is 22.3 Å². The average Bonchev–Trinajstić information content (AvgIpc) is 3.56. The lowest BCUT2D eigenvalue weighted by molar-refractivity contribution is 0.0722. The number of unbranched alkanes of at least 4 members (excludes halogenated alkanes) is 22. The molecule has 0 atom stereocenters. The summed E-state index contributed by atoms with van der Waals surface area (Å²) in [6.45, 7) is 8.01. The Balaban J connectivity index is 0.801. The van der Waals surface area contributed by atoms with Crippen molar-refractivity contribution in [2.75, 3.05) is 0 Å². The van der Waals surface area contributed by atoms with Crippen LogP contribution in [0.1, 0.15) is 232 Å². The Morgan fingerprint density at radius 1 is 0.286 bits per heavy atom. The molecule has 0 aliphatic carbocycles. The van der Waals surface area contributed by atoms with Gasteiger partial charge in [0.25, 0.3) is 0 Å². The van der Waals surface area contributed by atoms with Crippen LogP contribution in [0.5, 0.6) is 23.0 Å². The van der Waals surface area contributed by atoms with E-state index in [0.717, 1.165) is 35.1 Å². The summed E-state index contributed by atoms with van der Waals surface area (Å²) in [4.78, 5) is 53.2. The maximum atomic E-state index is 13.4. The summed E-state index contributed by atoms with van der Waals surface area (Å²) >= 11 is 0. The lowest BCUT2D eigenvalue weighted by Crippen LogP contribution is -2.13. The molecule has 0 aliphatic heterocycles. The first kappa shape index (κ1) is 64.0. The minimum Gasteiger partial charge on any atom is -0.423 e. The number of aryl methyl sites for hydroxylation is 4. The van der Waals surface area contributed by atoms with Crippen LogP contribution in [0.2, 0.25) is 0 Å². The van der Waals surface area contributed by atoms with Crippen LogP contribution in [0.4, 0.5) is 0 Å². The van der Waals surface area contributed by atoms with E-state index in [1.165, 1.54) is 171 Å². The minimum absolute atomic E-state index is 0.166. The van der Waals surface area contributed by atoms with Gasteiger partial charge in [0, 0.05) is 6.07 Å². The summed E-state index contributed by atoms with van der Waals surface area (Å²) in [6, 6.07) is 47.8. The molecule has 7 rings (SSSR count). The highest BCUT2D eigenvalue weighted by atomic mass is 16.6. The van der Waals surface area contributed by atoms with Crippen LogP contribution >= 0.6 is 0 Å². The van der Waals surface area contributed by atoms with Gasteiger partial charge >= 0.3 is 23.9 Å². The maximum Gasteiger partial charge on any atom is 0.343 e. The number of carbonyl (C=O) groups is 4. The molecule has 0 amide bonds. The SMILES string of the molecule is CCCCCCCCCCCCCCc1ccc(-c2ccc(C(=O)Oc3ccc(C(=O)Oc4cccc(OC(=O)c5ccc(OC(=O)c6ccc(-c7ccc(CCCCCCCCCCCCCC)cc7)cc6)cc5C)c4)c(C)c3)cc2)cc1. The van der Waals surface area contributed by atoms with E-state index in [0.29, 0.717) is 33.8 Å². The Labute approximate surface area is 501 Å². The molecule has 0 saturated heterocycles. The molecule has 0 heterocycles. The smallest absolute Gasteiger partial charge is 0.343 e. The zero-order valence-corrected chi connectivity index (χ0v) is 50.7. The standard InChI is InChI=1S/C76H90O8/c1-5-7-9-11-13-15-17-19-21-23-25-27-30-59-34-38-61(39-35-59)63-42-46-65(47-43-63)73(77)81-69-50-52-71(57(3)54-69)75(79)83-67-32-29-33-68(56-67)84-76(80)72-53-51-70(55-58(72)4)82-74(78)66-48-44-64(45-49-66)62-40-36-60(37-41-62)31-28-26-24-22-20-18-16-14-12-10-8-6-2/h29,32-56H,5-28,30-31H2,1-4H3. The van der Waals surface area contributed by atoms with Gasteiger partial charge in [-0.3, -0.25) is 0 Å². The molecule has 442 valence electrons. The van der Waals surface area contributed by atoms with Crippen LogP contribution in [0.3, 0.4) is 0 Å². The van der Waals surface area contributed by atoms with Gasteiger partial charge in [-0.15, -0.1) is 0 Å². The fourth-order valence-corrected chi connectivity index (χ4v) is 10.8. The first-order valence-corrected chi connectivity index (χ1v) is 31.7. The van der Waals surface area contributed by atoms with Crippen molar-refractivity contribution in [3.8, 4) is 45.3 Å².